The van der Waals surface area contributed by atoms with Crippen LogP contribution in [0.2, 0.25) is 0 Å². The maximum atomic E-state index is 12.0. The summed E-state index contributed by atoms with van der Waals surface area (Å²) in [6.07, 6.45) is -0.880. The zero-order valence-corrected chi connectivity index (χ0v) is 10.5. The van der Waals surface area contributed by atoms with E-state index in [4.69, 9.17) is 0 Å². The Kier molecular flexibility index (Phi) is 3.58. The Hall–Kier alpha value is -1.94. The Morgan fingerprint density at radius 3 is 2.61 bits per heavy atom. The Morgan fingerprint density at radius 2 is 2.06 bits per heavy atom. The lowest BCUT2D eigenvalue weighted by Gasteiger charge is -2.09. The maximum Gasteiger partial charge on any atom is 0.171 e. The minimum Gasteiger partial charge on any atom is -0.381 e. The molecule has 4 nitrogen and oxygen atoms in total. The van der Waals surface area contributed by atoms with Crippen LogP contribution in [0.3, 0.4) is 0 Å². The van der Waals surface area contributed by atoms with Crippen molar-refractivity contribution in [2.24, 2.45) is 7.05 Å². The largest absolute Gasteiger partial charge is 0.381 e. The summed E-state index contributed by atoms with van der Waals surface area (Å²) in [5, 5.41) is 14.1. The smallest absolute Gasteiger partial charge is 0.171 e. The van der Waals surface area contributed by atoms with Crippen molar-refractivity contribution in [3.63, 3.8) is 0 Å². The van der Waals surface area contributed by atoms with Gasteiger partial charge in [0, 0.05) is 12.7 Å². The number of aliphatic hydroxyl groups is 1. The highest BCUT2D eigenvalue weighted by Crippen LogP contribution is 2.16. The number of aryl methyl sites for hydroxylation is 2. The molecule has 0 amide bonds. The second-order valence-corrected chi connectivity index (χ2v) is 4.36. The Bertz CT molecular complexity index is 546. The van der Waals surface area contributed by atoms with E-state index in [9.17, 15) is 9.90 Å². The van der Waals surface area contributed by atoms with Gasteiger partial charge in [-0.05, 0) is 18.6 Å². The molecular weight excluding hydrogens is 228 g/mol. The first-order valence-electron chi connectivity index (χ1n) is 5.83. The number of aromatic nitrogens is 2. The van der Waals surface area contributed by atoms with Gasteiger partial charge < -0.3 is 5.11 Å². The van der Waals surface area contributed by atoms with Gasteiger partial charge in [0.25, 0.3) is 0 Å². The quantitative estimate of drug-likeness (QED) is 0.888. The molecule has 0 aliphatic rings. The number of nitrogens with zero attached hydrogens (tertiary/aromatic N) is 2. The number of benzene rings is 1. The first-order chi connectivity index (χ1) is 8.58. The van der Waals surface area contributed by atoms with Crippen molar-refractivity contribution >= 4 is 5.78 Å². The van der Waals surface area contributed by atoms with Crippen molar-refractivity contribution < 1.29 is 9.90 Å². The molecule has 2 rings (SSSR count). The van der Waals surface area contributed by atoms with Crippen LogP contribution in [0, 0.1) is 6.92 Å². The van der Waals surface area contributed by atoms with Gasteiger partial charge in [0.05, 0.1) is 12.1 Å². The molecule has 1 aromatic carbocycles. The summed E-state index contributed by atoms with van der Waals surface area (Å²) >= 11 is 0. The second-order valence-electron chi connectivity index (χ2n) is 4.36. The number of Topliss-reactive ketones (excluding diaryl/α,β-unsaturated/α-hetero) is 1. The molecule has 1 heterocycles. The highest BCUT2D eigenvalue weighted by atomic mass is 16.3. The van der Waals surface area contributed by atoms with Crippen molar-refractivity contribution in [3.05, 3.63) is 53.3 Å². The van der Waals surface area contributed by atoms with Gasteiger partial charge in [-0.25, -0.2) is 0 Å². The van der Waals surface area contributed by atoms with E-state index in [1.54, 1.807) is 36.0 Å². The zero-order chi connectivity index (χ0) is 13.1. The van der Waals surface area contributed by atoms with E-state index in [-0.39, 0.29) is 12.2 Å². The molecule has 0 aliphatic heterocycles. The highest BCUT2D eigenvalue weighted by molar-refractivity contribution is 5.85. The number of ketones is 1. The lowest BCUT2D eigenvalue weighted by atomic mass is 10.0. The van der Waals surface area contributed by atoms with E-state index in [1.807, 2.05) is 19.1 Å². The summed E-state index contributed by atoms with van der Waals surface area (Å²) in [7, 11) is 1.80. The summed E-state index contributed by atoms with van der Waals surface area (Å²) in [6.45, 7) is 1.88. The monoisotopic (exact) mass is 244 g/mol. The van der Waals surface area contributed by atoms with E-state index in [1.165, 1.54) is 0 Å². The van der Waals surface area contributed by atoms with E-state index in [0.717, 1.165) is 11.4 Å². The molecule has 0 spiro atoms. The standard InChI is InChI=1S/C14H16N2O2/c1-10-8-12(16(2)15-10)9-13(17)14(18)11-6-4-3-5-7-11/h3-8,14,18H,9H2,1-2H3. The van der Waals surface area contributed by atoms with Crippen LogP contribution in [0.4, 0.5) is 0 Å². The van der Waals surface area contributed by atoms with Gasteiger partial charge in [-0.2, -0.15) is 5.10 Å². The van der Waals surface area contributed by atoms with Crippen LogP contribution in [0.5, 0.6) is 0 Å². The van der Waals surface area contributed by atoms with Crippen LogP contribution in [0.25, 0.3) is 0 Å². The van der Waals surface area contributed by atoms with E-state index >= 15 is 0 Å². The van der Waals surface area contributed by atoms with Crippen molar-refractivity contribution in [2.45, 2.75) is 19.4 Å². The molecule has 0 saturated heterocycles. The van der Waals surface area contributed by atoms with Gasteiger partial charge >= 0.3 is 0 Å². The van der Waals surface area contributed by atoms with E-state index in [2.05, 4.69) is 5.10 Å². The predicted octanol–water partition coefficient (Wildman–Crippen LogP) is 1.57. The van der Waals surface area contributed by atoms with Crippen molar-refractivity contribution in [1.82, 2.24) is 9.78 Å². The van der Waals surface area contributed by atoms with Crippen LogP contribution in [0.1, 0.15) is 23.1 Å². The van der Waals surface area contributed by atoms with Crippen molar-refractivity contribution in [2.75, 3.05) is 0 Å². The van der Waals surface area contributed by atoms with Gasteiger partial charge in [0.2, 0.25) is 0 Å². The number of rotatable bonds is 4. The average Bonchev–Trinajstić information content (AvgIpc) is 2.68. The van der Waals surface area contributed by atoms with Crippen LogP contribution in [-0.2, 0) is 18.3 Å². The minimum absolute atomic E-state index is 0.188. The highest BCUT2D eigenvalue weighted by Gasteiger charge is 2.18. The molecule has 0 fully saturated rings. The predicted molar refractivity (Wildman–Crippen MR) is 68.1 cm³/mol. The van der Waals surface area contributed by atoms with Gasteiger partial charge in [0.1, 0.15) is 6.10 Å². The van der Waals surface area contributed by atoms with Gasteiger partial charge in [-0.3, -0.25) is 9.48 Å². The number of hydrogen-bond acceptors (Lipinski definition) is 3. The molecule has 4 heteroatoms. The fraction of sp³-hybridized carbons (Fsp3) is 0.286. The summed E-state index contributed by atoms with van der Waals surface area (Å²) in [5.74, 6) is -0.218. The van der Waals surface area contributed by atoms with Crippen LogP contribution < -0.4 is 0 Å². The summed E-state index contributed by atoms with van der Waals surface area (Å²) in [6, 6.07) is 10.8. The van der Waals surface area contributed by atoms with E-state index < -0.39 is 6.10 Å². The SMILES string of the molecule is Cc1cc(CC(=O)C(O)c2ccccc2)n(C)n1. The minimum atomic E-state index is -1.07. The molecule has 94 valence electrons. The van der Waals surface area contributed by atoms with Gasteiger partial charge in [-0.1, -0.05) is 30.3 Å². The third-order valence-corrected chi connectivity index (χ3v) is 2.87. The number of carbonyl (C=O) groups is 1. The fourth-order valence-electron chi connectivity index (χ4n) is 1.93. The van der Waals surface area contributed by atoms with Crippen molar-refractivity contribution in [3.8, 4) is 0 Å². The Morgan fingerprint density at radius 1 is 1.39 bits per heavy atom. The first-order valence-corrected chi connectivity index (χ1v) is 5.83. The molecule has 1 N–H and O–H groups in total. The average molecular weight is 244 g/mol. The molecule has 1 atom stereocenters. The van der Waals surface area contributed by atoms with Crippen molar-refractivity contribution in [1.29, 1.82) is 0 Å². The maximum absolute atomic E-state index is 12.0. The third kappa shape index (κ3) is 2.65. The normalized spacial score (nSPS) is 12.4. The summed E-state index contributed by atoms with van der Waals surface area (Å²) in [5.41, 5.74) is 2.31. The van der Waals surface area contributed by atoms with Crippen LogP contribution >= 0.6 is 0 Å². The number of carbonyl (C=O) groups excluding carboxylic acids is 1. The second kappa shape index (κ2) is 5.14. The molecule has 0 bridgehead atoms. The molecule has 0 aliphatic carbocycles. The van der Waals surface area contributed by atoms with Gasteiger partial charge in [-0.15, -0.1) is 0 Å². The zero-order valence-electron chi connectivity index (χ0n) is 10.5. The Balaban J connectivity index is 2.11. The molecule has 18 heavy (non-hydrogen) atoms. The molecule has 0 radical (unpaired) electrons. The lowest BCUT2D eigenvalue weighted by Crippen LogP contribution is -2.16. The van der Waals surface area contributed by atoms with Gasteiger partial charge in [0.15, 0.2) is 5.78 Å². The Labute approximate surface area is 106 Å². The number of aliphatic hydroxyl groups excluding tert-OH is 1. The fourth-order valence-corrected chi connectivity index (χ4v) is 1.93. The molecule has 0 saturated carbocycles. The summed E-state index contributed by atoms with van der Waals surface area (Å²) in [4.78, 5) is 12.0. The first kappa shape index (κ1) is 12.5. The molecular formula is C14H16N2O2. The van der Waals surface area contributed by atoms with Crippen LogP contribution in [0.15, 0.2) is 36.4 Å². The number of hydrogen-bond donors (Lipinski definition) is 1. The molecule has 2 aromatic rings. The third-order valence-electron chi connectivity index (χ3n) is 2.87. The topological polar surface area (TPSA) is 55.1 Å². The molecule has 1 aromatic heterocycles. The summed E-state index contributed by atoms with van der Waals surface area (Å²) < 4.78 is 1.67. The lowest BCUT2D eigenvalue weighted by molar-refractivity contribution is -0.126. The molecule has 1 unspecified atom stereocenters. The van der Waals surface area contributed by atoms with E-state index in [0.29, 0.717) is 5.56 Å². The van der Waals surface area contributed by atoms with Crippen LogP contribution in [-0.4, -0.2) is 20.7 Å².